The number of benzene rings is 1. The smallest absolute Gasteiger partial charge is 0.255 e. The minimum Gasteiger partial charge on any atom is -0.497 e. The monoisotopic (exact) mass is 325 g/mol. The van der Waals surface area contributed by atoms with Crippen LogP contribution >= 0.6 is 0 Å². The molecule has 0 spiro atoms. The number of methoxy groups -OCH3 is 1. The Hall–Kier alpha value is -2.56. The van der Waals surface area contributed by atoms with Crippen LogP contribution < -0.4 is 10.1 Å². The van der Waals surface area contributed by atoms with E-state index in [4.69, 9.17) is 4.74 Å². The highest BCUT2D eigenvalue weighted by Gasteiger charge is 2.24. The molecular formula is C19H23N3O2. The number of hydrogen-bond acceptors (Lipinski definition) is 4. The number of piperidine rings is 1. The number of aromatic nitrogens is 1. The van der Waals surface area contributed by atoms with E-state index in [1.807, 2.05) is 41.3 Å². The predicted molar refractivity (Wildman–Crippen MR) is 94.9 cm³/mol. The van der Waals surface area contributed by atoms with E-state index < -0.39 is 0 Å². The van der Waals surface area contributed by atoms with Gasteiger partial charge >= 0.3 is 0 Å². The van der Waals surface area contributed by atoms with Crippen LogP contribution in [0.4, 0.5) is 11.5 Å². The Morgan fingerprint density at radius 3 is 2.62 bits per heavy atom. The molecule has 1 N–H and O–H groups in total. The summed E-state index contributed by atoms with van der Waals surface area (Å²) in [6, 6.07) is 11.6. The molecule has 1 saturated heterocycles. The molecule has 1 fully saturated rings. The van der Waals surface area contributed by atoms with E-state index in [1.54, 1.807) is 13.3 Å². The topological polar surface area (TPSA) is 54.5 Å². The number of carbonyl (C=O) groups excluding carboxylic acids is 1. The van der Waals surface area contributed by atoms with Crippen molar-refractivity contribution < 1.29 is 9.53 Å². The van der Waals surface area contributed by atoms with Gasteiger partial charge in [-0.15, -0.1) is 0 Å². The maximum atomic E-state index is 12.6. The molecule has 3 rings (SSSR count). The first-order chi connectivity index (χ1) is 11.7. The van der Waals surface area contributed by atoms with Crippen LogP contribution in [0.1, 0.15) is 36.5 Å². The van der Waals surface area contributed by atoms with Gasteiger partial charge in [-0.1, -0.05) is 0 Å². The van der Waals surface area contributed by atoms with Crippen molar-refractivity contribution in [3.63, 3.8) is 0 Å². The summed E-state index contributed by atoms with van der Waals surface area (Å²) in [6.45, 7) is 2.95. The van der Waals surface area contributed by atoms with E-state index in [9.17, 15) is 4.79 Å². The van der Waals surface area contributed by atoms with Crippen LogP contribution in [0.3, 0.4) is 0 Å². The molecule has 5 nitrogen and oxygen atoms in total. The fourth-order valence-corrected chi connectivity index (χ4v) is 2.98. The molecule has 1 aromatic carbocycles. The summed E-state index contributed by atoms with van der Waals surface area (Å²) in [5.74, 6) is 1.60. The molecule has 5 heteroatoms. The standard InChI is InChI=1S/C19H23N3O2/c1-14-5-3-4-12-22(14)19(23)15-6-11-18(20-13-15)21-16-7-9-17(24-2)10-8-16/h6-11,13-14H,3-5,12H2,1-2H3,(H,20,21). The summed E-state index contributed by atoms with van der Waals surface area (Å²) in [7, 11) is 1.64. The van der Waals surface area contributed by atoms with E-state index in [0.29, 0.717) is 17.4 Å². The van der Waals surface area contributed by atoms with Crippen LogP contribution in [-0.2, 0) is 0 Å². The van der Waals surface area contributed by atoms with Crippen LogP contribution in [0.2, 0.25) is 0 Å². The van der Waals surface area contributed by atoms with Crippen LogP contribution in [0, 0.1) is 0 Å². The Morgan fingerprint density at radius 2 is 2.00 bits per heavy atom. The number of carbonyl (C=O) groups is 1. The van der Waals surface area contributed by atoms with Gasteiger partial charge < -0.3 is 15.0 Å². The van der Waals surface area contributed by atoms with Crippen LogP contribution in [0.5, 0.6) is 5.75 Å². The Bertz CT molecular complexity index is 683. The van der Waals surface area contributed by atoms with E-state index in [2.05, 4.69) is 17.2 Å². The Labute approximate surface area is 142 Å². The van der Waals surface area contributed by atoms with Gasteiger partial charge in [0.25, 0.3) is 5.91 Å². The lowest BCUT2D eigenvalue weighted by atomic mass is 10.0. The highest BCUT2D eigenvalue weighted by molar-refractivity contribution is 5.94. The molecule has 1 aliphatic heterocycles. The van der Waals surface area contributed by atoms with Gasteiger partial charge in [0.2, 0.25) is 0 Å². The number of ether oxygens (including phenoxy) is 1. The Morgan fingerprint density at radius 1 is 1.21 bits per heavy atom. The minimum atomic E-state index is 0.0747. The second kappa shape index (κ2) is 7.34. The third-order valence-electron chi connectivity index (χ3n) is 4.44. The quantitative estimate of drug-likeness (QED) is 0.928. The molecule has 1 atom stereocenters. The number of pyridine rings is 1. The molecule has 126 valence electrons. The first-order valence-electron chi connectivity index (χ1n) is 8.35. The van der Waals surface area contributed by atoms with Crippen molar-refractivity contribution in [2.24, 2.45) is 0 Å². The van der Waals surface area contributed by atoms with Crippen molar-refractivity contribution in [2.75, 3.05) is 19.0 Å². The molecule has 1 amide bonds. The summed E-state index contributed by atoms with van der Waals surface area (Å²) in [5, 5.41) is 3.22. The summed E-state index contributed by atoms with van der Waals surface area (Å²) in [4.78, 5) is 18.9. The molecule has 1 unspecified atom stereocenters. The highest BCUT2D eigenvalue weighted by atomic mass is 16.5. The fraction of sp³-hybridized carbons (Fsp3) is 0.368. The maximum absolute atomic E-state index is 12.6. The average molecular weight is 325 g/mol. The lowest BCUT2D eigenvalue weighted by molar-refractivity contribution is 0.0635. The van der Waals surface area contributed by atoms with Gasteiger partial charge in [0.1, 0.15) is 11.6 Å². The van der Waals surface area contributed by atoms with Crippen molar-refractivity contribution >= 4 is 17.4 Å². The lowest BCUT2D eigenvalue weighted by Crippen LogP contribution is -2.42. The highest BCUT2D eigenvalue weighted by Crippen LogP contribution is 2.21. The molecule has 2 heterocycles. The van der Waals surface area contributed by atoms with Gasteiger partial charge in [-0.2, -0.15) is 0 Å². The number of hydrogen-bond donors (Lipinski definition) is 1. The molecule has 1 aliphatic rings. The van der Waals surface area contributed by atoms with Crippen LogP contribution in [-0.4, -0.2) is 35.5 Å². The minimum absolute atomic E-state index is 0.0747. The van der Waals surface area contributed by atoms with E-state index in [1.165, 1.54) is 6.42 Å². The first kappa shape index (κ1) is 16.3. The fourth-order valence-electron chi connectivity index (χ4n) is 2.98. The maximum Gasteiger partial charge on any atom is 0.255 e. The number of amides is 1. The second-order valence-electron chi connectivity index (χ2n) is 6.13. The lowest BCUT2D eigenvalue weighted by Gasteiger charge is -2.33. The van der Waals surface area contributed by atoms with Gasteiger partial charge in [-0.05, 0) is 62.6 Å². The zero-order valence-electron chi connectivity index (χ0n) is 14.2. The van der Waals surface area contributed by atoms with Crippen LogP contribution in [0.15, 0.2) is 42.6 Å². The molecular weight excluding hydrogens is 302 g/mol. The Balaban J connectivity index is 1.67. The number of anilines is 2. The number of nitrogens with zero attached hydrogens (tertiary/aromatic N) is 2. The largest absolute Gasteiger partial charge is 0.497 e. The molecule has 2 aromatic rings. The predicted octanol–water partition coefficient (Wildman–Crippen LogP) is 3.85. The molecule has 0 saturated carbocycles. The van der Waals surface area contributed by atoms with Gasteiger partial charge in [0.05, 0.1) is 12.7 Å². The molecule has 0 bridgehead atoms. The van der Waals surface area contributed by atoms with E-state index in [0.717, 1.165) is 30.8 Å². The molecule has 0 aliphatic carbocycles. The third-order valence-corrected chi connectivity index (χ3v) is 4.44. The normalized spacial score (nSPS) is 17.4. The summed E-state index contributed by atoms with van der Waals surface area (Å²) in [6.07, 6.45) is 5.01. The zero-order valence-corrected chi connectivity index (χ0v) is 14.2. The summed E-state index contributed by atoms with van der Waals surface area (Å²) in [5.41, 5.74) is 1.57. The molecule has 0 radical (unpaired) electrons. The number of rotatable bonds is 4. The molecule has 24 heavy (non-hydrogen) atoms. The second-order valence-corrected chi connectivity index (χ2v) is 6.13. The molecule has 1 aromatic heterocycles. The number of likely N-dealkylation sites (tertiary alicyclic amines) is 1. The van der Waals surface area contributed by atoms with Gasteiger partial charge in [0, 0.05) is 24.5 Å². The number of nitrogens with one attached hydrogen (secondary N) is 1. The Kier molecular flexibility index (Phi) is 4.99. The summed E-state index contributed by atoms with van der Waals surface area (Å²) < 4.78 is 5.14. The van der Waals surface area contributed by atoms with Crippen molar-refractivity contribution in [1.82, 2.24) is 9.88 Å². The average Bonchev–Trinajstić information content (AvgIpc) is 2.63. The van der Waals surface area contributed by atoms with E-state index in [-0.39, 0.29) is 5.91 Å². The van der Waals surface area contributed by atoms with Gasteiger partial charge in [0.15, 0.2) is 0 Å². The SMILES string of the molecule is COc1ccc(Nc2ccc(C(=O)N3CCCCC3C)cn2)cc1. The van der Waals surface area contributed by atoms with Crippen LogP contribution in [0.25, 0.3) is 0 Å². The zero-order chi connectivity index (χ0) is 16.9. The third kappa shape index (κ3) is 3.67. The van der Waals surface area contributed by atoms with Crippen molar-refractivity contribution in [3.05, 3.63) is 48.2 Å². The first-order valence-corrected chi connectivity index (χ1v) is 8.35. The van der Waals surface area contributed by atoms with Gasteiger partial charge in [-0.3, -0.25) is 4.79 Å². The van der Waals surface area contributed by atoms with Crippen molar-refractivity contribution in [1.29, 1.82) is 0 Å². The van der Waals surface area contributed by atoms with Crippen molar-refractivity contribution in [3.8, 4) is 5.75 Å². The summed E-state index contributed by atoms with van der Waals surface area (Å²) >= 11 is 0. The van der Waals surface area contributed by atoms with E-state index >= 15 is 0 Å². The van der Waals surface area contributed by atoms with Gasteiger partial charge in [-0.25, -0.2) is 4.98 Å². The van der Waals surface area contributed by atoms with Crippen molar-refractivity contribution in [2.45, 2.75) is 32.2 Å².